The summed E-state index contributed by atoms with van der Waals surface area (Å²) in [6.45, 7) is 0.657. The maximum Gasteiger partial charge on any atom is 0.348 e. The van der Waals surface area contributed by atoms with Crippen molar-refractivity contribution in [1.29, 1.82) is 0 Å². The highest BCUT2D eigenvalue weighted by molar-refractivity contribution is 9.09. The first kappa shape index (κ1) is 16.2. The number of alkyl halides is 1. The highest BCUT2D eigenvalue weighted by Gasteiger charge is 2.12. The fraction of sp³-hybridized carbons (Fsp3) is 0.222. The number of aryl methyl sites for hydroxylation is 1. The van der Waals surface area contributed by atoms with Crippen LogP contribution in [0.15, 0.2) is 53.3 Å². The number of rotatable bonds is 5. The highest BCUT2D eigenvalue weighted by Crippen LogP contribution is 2.27. The van der Waals surface area contributed by atoms with Crippen LogP contribution in [0.5, 0.6) is 0 Å². The first-order chi connectivity index (χ1) is 11.2. The minimum absolute atomic E-state index is 0.215. The van der Waals surface area contributed by atoms with Crippen molar-refractivity contribution in [3.63, 3.8) is 0 Å². The van der Waals surface area contributed by atoms with Crippen LogP contribution in [0.1, 0.15) is 12.8 Å². The molecule has 0 amide bonds. The Morgan fingerprint density at radius 2 is 1.87 bits per heavy atom. The summed E-state index contributed by atoms with van der Waals surface area (Å²) in [5, 5.41) is 2.48. The first-order valence-electron chi connectivity index (χ1n) is 7.52. The lowest BCUT2D eigenvalue weighted by molar-refractivity contribution is 0.623. The molecule has 1 aromatic heterocycles. The lowest BCUT2D eigenvalue weighted by Crippen LogP contribution is -2.24. The molecule has 0 saturated carbocycles. The van der Waals surface area contributed by atoms with Gasteiger partial charge in [0, 0.05) is 27.8 Å². The van der Waals surface area contributed by atoms with Gasteiger partial charge in [0.1, 0.15) is 0 Å². The topological polar surface area (TPSA) is 34.9 Å². The van der Waals surface area contributed by atoms with Crippen LogP contribution in [0.2, 0.25) is 5.02 Å². The molecule has 3 nitrogen and oxygen atoms in total. The third-order valence-electron chi connectivity index (χ3n) is 3.76. The Morgan fingerprint density at radius 3 is 2.61 bits per heavy atom. The van der Waals surface area contributed by atoms with Gasteiger partial charge in [-0.3, -0.25) is 4.57 Å². The van der Waals surface area contributed by atoms with Gasteiger partial charge in [0.05, 0.1) is 11.2 Å². The van der Waals surface area contributed by atoms with E-state index in [2.05, 4.69) is 20.9 Å². The van der Waals surface area contributed by atoms with Gasteiger partial charge >= 0.3 is 5.69 Å². The number of unbranched alkanes of at least 4 members (excludes halogenated alkanes) is 1. The molecule has 3 rings (SSSR count). The van der Waals surface area contributed by atoms with Gasteiger partial charge in [-0.1, -0.05) is 57.9 Å². The zero-order valence-electron chi connectivity index (χ0n) is 12.5. The quantitative estimate of drug-likeness (QED) is 0.458. The number of hydrogen-bond donors (Lipinski definition) is 0. The third-order valence-corrected chi connectivity index (χ3v) is 4.55. The van der Waals surface area contributed by atoms with E-state index in [1.54, 1.807) is 4.57 Å². The van der Waals surface area contributed by atoms with E-state index < -0.39 is 0 Å². The van der Waals surface area contributed by atoms with Gasteiger partial charge < -0.3 is 0 Å². The molecular weight excluding hydrogens is 376 g/mol. The van der Waals surface area contributed by atoms with E-state index in [0.717, 1.165) is 34.6 Å². The van der Waals surface area contributed by atoms with E-state index in [1.807, 2.05) is 48.5 Å². The van der Waals surface area contributed by atoms with Crippen LogP contribution < -0.4 is 5.69 Å². The molecule has 0 atom stereocenters. The molecule has 0 aliphatic heterocycles. The number of halogens is 2. The van der Waals surface area contributed by atoms with Crippen LogP contribution >= 0.6 is 27.5 Å². The Kier molecular flexibility index (Phi) is 5.13. The lowest BCUT2D eigenvalue weighted by Gasteiger charge is -2.13. The summed E-state index contributed by atoms with van der Waals surface area (Å²) in [5.74, 6) is 0. The molecule has 1 heterocycles. The molecule has 0 unspecified atom stereocenters. The Balaban J connectivity index is 2.21. The highest BCUT2D eigenvalue weighted by atomic mass is 79.9. The monoisotopic (exact) mass is 390 g/mol. The van der Waals surface area contributed by atoms with Crippen LogP contribution in [0.3, 0.4) is 0 Å². The molecule has 0 N–H and O–H groups in total. The van der Waals surface area contributed by atoms with E-state index in [0.29, 0.717) is 17.3 Å². The van der Waals surface area contributed by atoms with E-state index in [-0.39, 0.29) is 5.69 Å². The molecule has 0 aliphatic rings. The molecule has 0 radical (unpaired) electrons. The average Bonchev–Trinajstić information content (AvgIpc) is 2.57. The molecule has 3 aromatic rings. The SMILES string of the molecule is O=c1nc(-c2ccccc2)c2cc(Cl)ccc2n1CCCCBr. The summed E-state index contributed by atoms with van der Waals surface area (Å²) < 4.78 is 1.74. The molecule has 0 bridgehead atoms. The molecule has 2 aromatic carbocycles. The number of nitrogens with zero attached hydrogens (tertiary/aromatic N) is 2. The Morgan fingerprint density at radius 1 is 1.09 bits per heavy atom. The first-order valence-corrected chi connectivity index (χ1v) is 9.02. The standard InChI is InChI=1S/C18H16BrClN2O/c19-10-4-5-11-22-16-9-8-14(20)12-15(16)17(21-18(22)23)13-6-2-1-3-7-13/h1-3,6-9,12H,4-5,10-11H2. The summed E-state index contributed by atoms with van der Waals surface area (Å²) in [5.41, 5.74) is 2.27. The average molecular weight is 392 g/mol. The molecule has 0 saturated heterocycles. The van der Waals surface area contributed by atoms with Crippen molar-refractivity contribution in [3.8, 4) is 11.3 Å². The van der Waals surface area contributed by atoms with Gasteiger partial charge in [0.25, 0.3) is 0 Å². The zero-order valence-corrected chi connectivity index (χ0v) is 14.8. The van der Waals surface area contributed by atoms with Crippen molar-refractivity contribution in [3.05, 3.63) is 64.0 Å². The van der Waals surface area contributed by atoms with Crippen molar-refractivity contribution in [2.45, 2.75) is 19.4 Å². The lowest BCUT2D eigenvalue weighted by atomic mass is 10.1. The van der Waals surface area contributed by atoms with E-state index in [9.17, 15) is 4.79 Å². The van der Waals surface area contributed by atoms with Crippen molar-refractivity contribution >= 4 is 38.4 Å². The van der Waals surface area contributed by atoms with Crippen molar-refractivity contribution in [1.82, 2.24) is 9.55 Å². The van der Waals surface area contributed by atoms with Crippen LogP contribution in [0.4, 0.5) is 0 Å². The van der Waals surface area contributed by atoms with Crippen molar-refractivity contribution in [2.75, 3.05) is 5.33 Å². The predicted molar refractivity (Wildman–Crippen MR) is 99.5 cm³/mol. The van der Waals surface area contributed by atoms with Gasteiger partial charge in [-0.25, -0.2) is 4.79 Å². The number of aromatic nitrogens is 2. The number of hydrogen-bond acceptors (Lipinski definition) is 2. The van der Waals surface area contributed by atoms with E-state index >= 15 is 0 Å². The maximum absolute atomic E-state index is 12.5. The van der Waals surface area contributed by atoms with Crippen LogP contribution in [0, 0.1) is 0 Å². The molecule has 23 heavy (non-hydrogen) atoms. The Hall–Kier alpha value is -1.65. The van der Waals surface area contributed by atoms with Gasteiger partial charge in [-0.2, -0.15) is 4.98 Å². The molecule has 5 heteroatoms. The minimum Gasteiger partial charge on any atom is -0.292 e. The minimum atomic E-state index is -0.215. The Labute approximate surface area is 148 Å². The van der Waals surface area contributed by atoms with Gasteiger partial charge in [0.15, 0.2) is 0 Å². The van der Waals surface area contributed by atoms with Crippen LogP contribution in [0.25, 0.3) is 22.2 Å². The van der Waals surface area contributed by atoms with Gasteiger partial charge in [0.2, 0.25) is 0 Å². The summed E-state index contributed by atoms with van der Waals surface area (Å²) in [6, 6.07) is 15.3. The molecule has 0 spiro atoms. The Bertz CT molecular complexity index is 877. The van der Waals surface area contributed by atoms with Gasteiger partial charge in [-0.15, -0.1) is 0 Å². The summed E-state index contributed by atoms with van der Waals surface area (Å²) >= 11 is 9.60. The zero-order chi connectivity index (χ0) is 16.2. The fourth-order valence-corrected chi connectivity index (χ4v) is 3.22. The summed E-state index contributed by atoms with van der Waals surface area (Å²) in [6.07, 6.45) is 1.94. The summed E-state index contributed by atoms with van der Waals surface area (Å²) in [4.78, 5) is 16.8. The third kappa shape index (κ3) is 3.48. The van der Waals surface area contributed by atoms with Crippen molar-refractivity contribution in [2.24, 2.45) is 0 Å². The largest absolute Gasteiger partial charge is 0.348 e. The number of benzene rings is 2. The van der Waals surface area contributed by atoms with E-state index in [4.69, 9.17) is 11.6 Å². The second kappa shape index (κ2) is 7.28. The molecule has 0 fully saturated rings. The van der Waals surface area contributed by atoms with Gasteiger partial charge in [-0.05, 0) is 31.0 Å². The van der Waals surface area contributed by atoms with Crippen LogP contribution in [-0.2, 0) is 6.54 Å². The normalized spacial score (nSPS) is 11.0. The number of fused-ring (bicyclic) bond motifs is 1. The van der Waals surface area contributed by atoms with Crippen LogP contribution in [-0.4, -0.2) is 14.9 Å². The fourth-order valence-electron chi connectivity index (χ4n) is 2.65. The predicted octanol–water partition coefficient (Wildman–Crippen LogP) is 4.89. The second-order valence-electron chi connectivity index (χ2n) is 5.32. The second-order valence-corrected chi connectivity index (χ2v) is 6.55. The molecular formula is C18H16BrClN2O. The van der Waals surface area contributed by atoms with Crippen molar-refractivity contribution < 1.29 is 0 Å². The molecule has 0 aliphatic carbocycles. The summed E-state index contributed by atoms with van der Waals surface area (Å²) in [7, 11) is 0. The smallest absolute Gasteiger partial charge is 0.292 e. The van der Waals surface area contributed by atoms with E-state index in [1.165, 1.54) is 0 Å². The maximum atomic E-state index is 12.5. The molecule has 118 valence electrons.